The van der Waals surface area contributed by atoms with Gasteiger partial charge in [-0.2, -0.15) is 0 Å². The Morgan fingerprint density at radius 2 is 1.41 bits per heavy atom. The molecule has 29 heavy (non-hydrogen) atoms. The van der Waals surface area contributed by atoms with Gasteiger partial charge < -0.3 is 24.9 Å². The molecule has 0 atom stereocenters. The molecule has 4 rings (SSSR count). The Hall–Kier alpha value is -2.73. The van der Waals surface area contributed by atoms with Crippen molar-refractivity contribution < 1.29 is 4.79 Å². The smallest absolute Gasteiger partial charge is 0.321 e. The molecule has 0 spiro atoms. The lowest BCUT2D eigenvalue weighted by Crippen LogP contribution is -2.50. The minimum Gasteiger partial charge on any atom is -0.369 e. The zero-order valence-corrected chi connectivity index (χ0v) is 17.5. The predicted octanol–water partition coefficient (Wildman–Crippen LogP) is 3.10. The molecule has 2 aromatic carbocycles. The second-order valence-corrected chi connectivity index (χ2v) is 8.08. The van der Waals surface area contributed by atoms with Crippen molar-refractivity contribution in [2.45, 2.75) is 6.92 Å². The predicted molar refractivity (Wildman–Crippen MR) is 120 cm³/mol. The molecule has 154 valence electrons. The maximum absolute atomic E-state index is 12.7. The molecule has 0 unspecified atom stereocenters. The van der Waals surface area contributed by atoms with E-state index < -0.39 is 0 Å². The van der Waals surface area contributed by atoms with E-state index in [1.54, 1.807) is 0 Å². The molecule has 0 bridgehead atoms. The lowest BCUT2D eigenvalue weighted by atomic mass is 10.2. The molecule has 0 radical (unpaired) electrons. The van der Waals surface area contributed by atoms with Gasteiger partial charge in [-0.3, -0.25) is 0 Å². The standard InChI is InChI=1S/C23H31N5O/c1-19-4-3-5-22(18-19)27-14-16-28(17-15-27)23(29)24-20-6-8-21(9-7-20)26-12-10-25(2)11-13-26/h3-9,18H,10-17H2,1-2H3,(H,24,29). The number of urea groups is 1. The summed E-state index contributed by atoms with van der Waals surface area (Å²) in [6, 6.07) is 16.8. The first-order chi connectivity index (χ1) is 14.1. The molecule has 2 saturated heterocycles. The molecule has 0 saturated carbocycles. The number of likely N-dealkylation sites (N-methyl/N-ethyl adjacent to an activating group) is 1. The zero-order chi connectivity index (χ0) is 20.2. The zero-order valence-electron chi connectivity index (χ0n) is 17.5. The van der Waals surface area contributed by atoms with Crippen LogP contribution in [0.4, 0.5) is 21.9 Å². The van der Waals surface area contributed by atoms with Crippen LogP contribution in [0.15, 0.2) is 48.5 Å². The third kappa shape index (κ3) is 4.82. The van der Waals surface area contributed by atoms with Crippen molar-refractivity contribution in [2.75, 3.05) is 74.5 Å². The van der Waals surface area contributed by atoms with Crippen molar-refractivity contribution in [3.8, 4) is 0 Å². The van der Waals surface area contributed by atoms with Crippen LogP contribution in [0.25, 0.3) is 0 Å². The van der Waals surface area contributed by atoms with Crippen molar-refractivity contribution in [1.29, 1.82) is 0 Å². The number of rotatable bonds is 3. The highest BCUT2D eigenvalue weighted by molar-refractivity contribution is 5.89. The fourth-order valence-electron chi connectivity index (χ4n) is 4.02. The molecule has 2 amide bonds. The molecule has 6 nitrogen and oxygen atoms in total. The maximum Gasteiger partial charge on any atom is 0.321 e. The van der Waals surface area contributed by atoms with Gasteiger partial charge in [0, 0.05) is 69.4 Å². The lowest BCUT2D eigenvalue weighted by molar-refractivity contribution is 0.208. The summed E-state index contributed by atoms with van der Waals surface area (Å²) in [5, 5.41) is 3.05. The molecule has 2 aliphatic rings. The average Bonchev–Trinajstić information content (AvgIpc) is 2.75. The van der Waals surface area contributed by atoms with Gasteiger partial charge in [-0.25, -0.2) is 4.79 Å². The van der Waals surface area contributed by atoms with E-state index in [1.807, 2.05) is 17.0 Å². The number of amides is 2. The Balaban J connectivity index is 1.28. The summed E-state index contributed by atoms with van der Waals surface area (Å²) in [6.45, 7) is 9.58. The number of benzene rings is 2. The number of nitrogens with zero attached hydrogens (tertiary/aromatic N) is 4. The molecule has 0 aliphatic carbocycles. The first kappa shape index (κ1) is 19.6. The number of nitrogens with one attached hydrogen (secondary N) is 1. The van der Waals surface area contributed by atoms with E-state index in [9.17, 15) is 4.79 Å². The third-order valence-electron chi connectivity index (χ3n) is 5.92. The number of anilines is 3. The van der Waals surface area contributed by atoms with Crippen molar-refractivity contribution in [2.24, 2.45) is 0 Å². The number of hydrogen-bond donors (Lipinski definition) is 1. The second-order valence-electron chi connectivity index (χ2n) is 8.08. The quantitative estimate of drug-likeness (QED) is 0.870. The van der Waals surface area contributed by atoms with E-state index >= 15 is 0 Å². The average molecular weight is 394 g/mol. The monoisotopic (exact) mass is 393 g/mol. The van der Waals surface area contributed by atoms with Gasteiger partial charge in [-0.1, -0.05) is 12.1 Å². The molecule has 2 aromatic rings. The summed E-state index contributed by atoms with van der Waals surface area (Å²) < 4.78 is 0. The molecule has 1 N–H and O–H groups in total. The van der Waals surface area contributed by atoms with Crippen LogP contribution in [0.5, 0.6) is 0 Å². The lowest BCUT2D eigenvalue weighted by Gasteiger charge is -2.36. The number of carbonyl (C=O) groups excluding carboxylic acids is 1. The van der Waals surface area contributed by atoms with Crippen LogP contribution >= 0.6 is 0 Å². The Labute approximate surface area is 173 Å². The summed E-state index contributed by atoms with van der Waals surface area (Å²) in [6.07, 6.45) is 0. The molecule has 2 heterocycles. The van der Waals surface area contributed by atoms with Gasteiger partial charge in [0.2, 0.25) is 0 Å². The molecular weight excluding hydrogens is 362 g/mol. The van der Waals surface area contributed by atoms with Crippen LogP contribution in [-0.2, 0) is 0 Å². The van der Waals surface area contributed by atoms with Crippen molar-refractivity contribution in [3.05, 3.63) is 54.1 Å². The van der Waals surface area contributed by atoms with Crippen molar-refractivity contribution in [3.63, 3.8) is 0 Å². The highest BCUT2D eigenvalue weighted by Gasteiger charge is 2.21. The number of piperazine rings is 2. The third-order valence-corrected chi connectivity index (χ3v) is 5.92. The number of hydrogen-bond acceptors (Lipinski definition) is 4. The summed E-state index contributed by atoms with van der Waals surface area (Å²) >= 11 is 0. The molecule has 6 heteroatoms. The van der Waals surface area contributed by atoms with Crippen LogP contribution < -0.4 is 15.1 Å². The van der Waals surface area contributed by atoms with Crippen molar-refractivity contribution in [1.82, 2.24) is 9.80 Å². The summed E-state index contributed by atoms with van der Waals surface area (Å²) in [5.74, 6) is 0. The topological polar surface area (TPSA) is 42.1 Å². The van der Waals surface area contributed by atoms with Gasteiger partial charge in [0.15, 0.2) is 0 Å². The van der Waals surface area contributed by atoms with Crippen LogP contribution in [0.3, 0.4) is 0 Å². The van der Waals surface area contributed by atoms with Gasteiger partial charge in [0.05, 0.1) is 0 Å². The maximum atomic E-state index is 12.7. The largest absolute Gasteiger partial charge is 0.369 e. The Kier molecular flexibility index (Phi) is 5.90. The van der Waals surface area contributed by atoms with E-state index in [0.717, 1.165) is 58.0 Å². The van der Waals surface area contributed by atoms with Gasteiger partial charge in [0.25, 0.3) is 0 Å². The Bertz CT molecular complexity index is 821. The van der Waals surface area contributed by atoms with Crippen LogP contribution in [-0.4, -0.2) is 75.2 Å². The van der Waals surface area contributed by atoms with Crippen LogP contribution in [0.2, 0.25) is 0 Å². The first-order valence-corrected chi connectivity index (χ1v) is 10.5. The van der Waals surface area contributed by atoms with Gasteiger partial charge in [-0.05, 0) is 55.9 Å². The van der Waals surface area contributed by atoms with Crippen LogP contribution in [0, 0.1) is 6.92 Å². The molecule has 2 fully saturated rings. The summed E-state index contributed by atoms with van der Waals surface area (Å²) in [4.78, 5) is 21.7. The van der Waals surface area contributed by atoms with E-state index in [2.05, 4.69) is 70.4 Å². The second kappa shape index (κ2) is 8.74. The molecular formula is C23H31N5O. The van der Waals surface area contributed by atoms with E-state index in [-0.39, 0.29) is 6.03 Å². The Morgan fingerprint density at radius 3 is 2.07 bits per heavy atom. The van der Waals surface area contributed by atoms with Crippen LogP contribution in [0.1, 0.15) is 5.56 Å². The molecule has 0 aromatic heterocycles. The summed E-state index contributed by atoms with van der Waals surface area (Å²) in [5.41, 5.74) is 4.59. The van der Waals surface area contributed by atoms with Gasteiger partial charge in [-0.15, -0.1) is 0 Å². The Morgan fingerprint density at radius 1 is 0.793 bits per heavy atom. The van der Waals surface area contributed by atoms with Gasteiger partial charge in [0.1, 0.15) is 0 Å². The fraction of sp³-hybridized carbons (Fsp3) is 0.435. The van der Waals surface area contributed by atoms with E-state index in [1.165, 1.54) is 16.9 Å². The minimum absolute atomic E-state index is 0.0127. The summed E-state index contributed by atoms with van der Waals surface area (Å²) in [7, 11) is 2.16. The highest BCUT2D eigenvalue weighted by Crippen LogP contribution is 2.21. The highest BCUT2D eigenvalue weighted by atomic mass is 16.2. The number of aryl methyl sites for hydroxylation is 1. The van der Waals surface area contributed by atoms with Gasteiger partial charge >= 0.3 is 6.03 Å². The minimum atomic E-state index is -0.0127. The normalized spacial score (nSPS) is 18.1. The van der Waals surface area contributed by atoms with E-state index in [0.29, 0.717) is 0 Å². The fourth-order valence-corrected chi connectivity index (χ4v) is 4.02. The first-order valence-electron chi connectivity index (χ1n) is 10.5. The number of carbonyl (C=O) groups is 1. The SMILES string of the molecule is Cc1cccc(N2CCN(C(=O)Nc3ccc(N4CCN(C)CC4)cc3)CC2)c1. The molecule has 2 aliphatic heterocycles. The van der Waals surface area contributed by atoms with E-state index in [4.69, 9.17) is 0 Å². The van der Waals surface area contributed by atoms with Crippen molar-refractivity contribution >= 4 is 23.1 Å².